The second kappa shape index (κ2) is 7.65. The van der Waals surface area contributed by atoms with Gasteiger partial charge in [-0.3, -0.25) is 4.79 Å². The van der Waals surface area contributed by atoms with Gasteiger partial charge in [-0.1, -0.05) is 0 Å². The van der Waals surface area contributed by atoms with Crippen LogP contribution >= 0.6 is 0 Å². The van der Waals surface area contributed by atoms with Crippen LogP contribution in [-0.2, 0) is 16.1 Å². The summed E-state index contributed by atoms with van der Waals surface area (Å²) in [5.74, 6) is -1.15. The zero-order valence-electron chi connectivity index (χ0n) is 13.8. The van der Waals surface area contributed by atoms with E-state index in [1.807, 2.05) is 0 Å². The van der Waals surface area contributed by atoms with Gasteiger partial charge in [-0.2, -0.15) is 0 Å². The van der Waals surface area contributed by atoms with E-state index in [0.717, 1.165) is 0 Å². The van der Waals surface area contributed by atoms with Gasteiger partial charge in [-0.25, -0.2) is 0 Å². The normalized spacial score (nSPS) is 29.6. The number of rotatable bonds is 5. The second-order valence-electron chi connectivity index (χ2n) is 5.98. The molecule has 0 aliphatic carbocycles. The van der Waals surface area contributed by atoms with Crippen molar-refractivity contribution in [3.63, 3.8) is 0 Å². The molecule has 1 saturated heterocycles. The van der Waals surface area contributed by atoms with Gasteiger partial charge in [0, 0.05) is 0 Å². The van der Waals surface area contributed by atoms with Crippen molar-refractivity contribution in [1.82, 2.24) is 0 Å². The highest BCUT2D eigenvalue weighted by atomic mass is 16.7. The van der Waals surface area contributed by atoms with Gasteiger partial charge in [0.05, 0.1) is 24.3 Å². The summed E-state index contributed by atoms with van der Waals surface area (Å²) in [6.07, 6.45) is -7.31. The first-order chi connectivity index (χ1) is 11.7. The molecule has 5 unspecified atom stereocenters. The quantitative estimate of drug-likeness (QED) is 0.360. The van der Waals surface area contributed by atoms with E-state index in [9.17, 15) is 30.3 Å². The van der Waals surface area contributed by atoms with Gasteiger partial charge >= 0.3 is 0 Å². The Bertz CT molecular complexity index is 643. The molecule has 5 atom stereocenters. The number of carbonyl (C=O) groups is 1. The summed E-state index contributed by atoms with van der Waals surface area (Å²) in [5.41, 5.74) is 0.264. The molecule has 9 heteroatoms. The monoisotopic (exact) mass is 358 g/mol. The summed E-state index contributed by atoms with van der Waals surface area (Å²) < 4.78 is 10.5. The molecule has 25 heavy (non-hydrogen) atoms. The first-order valence-corrected chi connectivity index (χ1v) is 7.66. The van der Waals surface area contributed by atoms with Gasteiger partial charge in [0.1, 0.15) is 35.9 Å². The topological polar surface area (TPSA) is 157 Å². The molecule has 1 aliphatic rings. The van der Waals surface area contributed by atoms with Crippen molar-refractivity contribution in [2.24, 2.45) is 0 Å². The molecule has 1 aliphatic heterocycles. The Balaban J connectivity index is 2.22. The number of phenolic OH excluding ortho intramolecular Hbond substituents is 2. The van der Waals surface area contributed by atoms with E-state index in [1.54, 1.807) is 6.92 Å². The summed E-state index contributed by atoms with van der Waals surface area (Å²) in [7, 11) is 0. The molecule has 1 heterocycles. The first-order valence-electron chi connectivity index (χ1n) is 7.66. The van der Waals surface area contributed by atoms with E-state index in [1.165, 1.54) is 13.0 Å². The Morgan fingerprint density at radius 3 is 2.36 bits per heavy atom. The van der Waals surface area contributed by atoms with Gasteiger partial charge in [0.15, 0.2) is 12.1 Å². The van der Waals surface area contributed by atoms with Crippen molar-refractivity contribution >= 4 is 5.78 Å². The molecule has 140 valence electrons. The first kappa shape index (κ1) is 19.6. The summed E-state index contributed by atoms with van der Waals surface area (Å²) >= 11 is 0. The number of aliphatic hydroxyl groups is 4. The van der Waals surface area contributed by atoms with Crippen LogP contribution in [0.15, 0.2) is 6.07 Å². The molecule has 0 saturated carbocycles. The fraction of sp³-hybridized carbons (Fsp3) is 0.562. The third-order valence-corrected chi connectivity index (χ3v) is 4.18. The zero-order chi connectivity index (χ0) is 18.9. The van der Waals surface area contributed by atoms with Crippen LogP contribution in [0.25, 0.3) is 0 Å². The van der Waals surface area contributed by atoms with Gasteiger partial charge in [-0.05, 0) is 25.5 Å². The van der Waals surface area contributed by atoms with Gasteiger partial charge in [0.2, 0.25) is 0 Å². The Morgan fingerprint density at radius 1 is 1.16 bits per heavy atom. The maximum Gasteiger partial charge on any atom is 0.187 e. The number of aliphatic hydroxyl groups excluding tert-OH is 4. The third-order valence-electron chi connectivity index (χ3n) is 4.18. The molecule has 1 fully saturated rings. The Morgan fingerprint density at radius 2 is 1.80 bits per heavy atom. The van der Waals surface area contributed by atoms with Crippen molar-refractivity contribution in [2.45, 2.75) is 51.2 Å². The lowest BCUT2D eigenvalue weighted by molar-refractivity contribution is -0.304. The molecular formula is C16H22O9. The number of aryl methyl sites for hydroxylation is 1. The molecule has 1 aromatic rings. The lowest BCUT2D eigenvalue weighted by atomic mass is 9.99. The molecule has 9 nitrogen and oxygen atoms in total. The number of ketones is 1. The third kappa shape index (κ3) is 3.76. The number of hydrogen-bond donors (Lipinski definition) is 6. The van der Waals surface area contributed by atoms with Crippen LogP contribution in [0.4, 0.5) is 0 Å². The van der Waals surface area contributed by atoms with Crippen molar-refractivity contribution in [1.29, 1.82) is 0 Å². The predicted molar refractivity (Wildman–Crippen MR) is 83.1 cm³/mol. The van der Waals surface area contributed by atoms with Crippen LogP contribution in [0.2, 0.25) is 0 Å². The van der Waals surface area contributed by atoms with Gasteiger partial charge in [0.25, 0.3) is 0 Å². The molecule has 0 radical (unpaired) electrons. The molecule has 0 spiro atoms. The van der Waals surface area contributed by atoms with Crippen LogP contribution in [0.5, 0.6) is 11.5 Å². The molecule has 6 N–H and O–H groups in total. The smallest absolute Gasteiger partial charge is 0.187 e. The average molecular weight is 358 g/mol. The van der Waals surface area contributed by atoms with E-state index in [-0.39, 0.29) is 16.9 Å². The molecule has 1 aromatic carbocycles. The van der Waals surface area contributed by atoms with Crippen LogP contribution in [0.1, 0.15) is 28.4 Å². The fourth-order valence-corrected chi connectivity index (χ4v) is 2.64. The number of ether oxygens (including phenoxy) is 2. The highest BCUT2D eigenvalue weighted by molar-refractivity contribution is 5.97. The van der Waals surface area contributed by atoms with Gasteiger partial charge < -0.3 is 40.1 Å². The Kier molecular flexibility index (Phi) is 5.99. The summed E-state index contributed by atoms with van der Waals surface area (Å²) in [4.78, 5) is 11.6. The van der Waals surface area contributed by atoms with E-state index in [4.69, 9.17) is 14.6 Å². The predicted octanol–water partition coefficient (Wildman–Crippen LogP) is -1.07. The number of phenols is 2. The number of carbonyl (C=O) groups excluding carboxylic acids is 1. The highest BCUT2D eigenvalue weighted by Crippen LogP contribution is 2.35. The molecular weight excluding hydrogens is 336 g/mol. The lowest BCUT2D eigenvalue weighted by Gasteiger charge is -2.39. The minimum atomic E-state index is -1.61. The standard InChI is InChI=1S/C16H22O9/c1-6-3-8(7(2)18)12(20)9(11(6)19)5-24-16-15(23)14(22)13(21)10(4-17)25-16/h3,10,13-17,19-23H,4-5H2,1-2H3. The SMILES string of the molecule is CC(=O)c1cc(C)c(O)c(COC2OC(CO)C(O)C(O)C2O)c1O. The number of hydrogen-bond acceptors (Lipinski definition) is 9. The van der Waals surface area contributed by atoms with Crippen LogP contribution in [-0.4, -0.2) is 73.7 Å². The molecule has 0 bridgehead atoms. The fourth-order valence-electron chi connectivity index (χ4n) is 2.64. The van der Waals surface area contributed by atoms with Gasteiger partial charge in [-0.15, -0.1) is 0 Å². The maximum atomic E-state index is 11.6. The molecule has 2 rings (SSSR count). The Labute approximate surface area is 143 Å². The number of benzene rings is 1. The van der Waals surface area contributed by atoms with Crippen molar-refractivity contribution in [2.75, 3.05) is 6.61 Å². The zero-order valence-corrected chi connectivity index (χ0v) is 13.8. The van der Waals surface area contributed by atoms with Crippen molar-refractivity contribution in [3.8, 4) is 11.5 Å². The van der Waals surface area contributed by atoms with E-state index < -0.39 is 55.5 Å². The minimum absolute atomic E-state index is 0.00250. The molecule has 0 amide bonds. The van der Waals surface area contributed by atoms with E-state index >= 15 is 0 Å². The van der Waals surface area contributed by atoms with E-state index in [0.29, 0.717) is 5.56 Å². The highest BCUT2D eigenvalue weighted by Gasteiger charge is 2.44. The Hall–Kier alpha value is -1.75. The number of aromatic hydroxyl groups is 2. The lowest BCUT2D eigenvalue weighted by Crippen LogP contribution is -2.59. The summed E-state index contributed by atoms with van der Waals surface area (Å²) in [6.45, 7) is 1.74. The molecule has 0 aromatic heterocycles. The van der Waals surface area contributed by atoms with E-state index in [2.05, 4.69) is 0 Å². The summed E-state index contributed by atoms with van der Waals surface area (Å²) in [6, 6.07) is 1.34. The van der Waals surface area contributed by atoms with Crippen LogP contribution in [0, 0.1) is 6.92 Å². The second-order valence-corrected chi connectivity index (χ2v) is 5.98. The minimum Gasteiger partial charge on any atom is -0.507 e. The van der Waals surface area contributed by atoms with Crippen molar-refractivity contribution < 1.29 is 44.9 Å². The van der Waals surface area contributed by atoms with Crippen LogP contribution in [0.3, 0.4) is 0 Å². The largest absolute Gasteiger partial charge is 0.507 e. The van der Waals surface area contributed by atoms with Crippen molar-refractivity contribution in [3.05, 3.63) is 22.8 Å². The number of Topliss-reactive ketones (excluding diaryl/α,β-unsaturated/α-hetero) is 1. The van der Waals surface area contributed by atoms with Crippen LogP contribution < -0.4 is 0 Å². The average Bonchev–Trinajstić information content (AvgIpc) is 2.57. The maximum absolute atomic E-state index is 11.6. The summed E-state index contributed by atoms with van der Waals surface area (Å²) in [5, 5.41) is 58.7.